The number of ketones is 2. The standard InChI is InChI=1S/C14H19NO6S.C6H12O2.4CH4.H2/c1-9(16)13(10(2)20-3)14(17)15-11-7-5-6-8-12(11)22(18,19)21-4;1-5(7)4-6(2)8-3;;;;;/h5-8,10,13H,1-4H3,(H,15,17);6H,4H2,1-3H3;4*1H4;1H. The van der Waals surface area contributed by atoms with E-state index in [9.17, 15) is 22.8 Å². The molecular formula is C24H49NO8S. The smallest absolute Gasteiger partial charge is 0.298 e. The number of ether oxygens (including phenoxy) is 2. The van der Waals surface area contributed by atoms with Gasteiger partial charge in [0.05, 0.1) is 25.0 Å². The fraction of sp³-hybridized carbons (Fsp3) is 0.625. The highest BCUT2D eigenvalue weighted by atomic mass is 32.2. The molecule has 0 spiro atoms. The topological polar surface area (TPSA) is 125 Å². The Kier molecular flexibility index (Phi) is 25.1. The third-order valence-corrected chi connectivity index (χ3v) is 5.51. The largest absolute Gasteiger partial charge is 0.381 e. The molecule has 9 nitrogen and oxygen atoms in total. The molecule has 1 N–H and O–H groups in total. The van der Waals surface area contributed by atoms with E-state index in [4.69, 9.17) is 9.47 Å². The Hall–Kier alpha value is -2.14. The van der Waals surface area contributed by atoms with Crippen LogP contribution in [0.5, 0.6) is 0 Å². The Balaban J connectivity index is -0.000000141. The summed E-state index contributed by atoms with van der Waals surface area (Å²) in [6.45, 7) is 6.30. The summed E-state index contributed by atoms with van der Waals surface area (Å²) in [6.07, 6.45) is -0.0348. The molecule has 0 saturated carbocycles. The van der Waals surface area contributed by atoms with E-state index in [1.165, 1.54) is 32.2 Å². The molecule has 0 heterocycles. The molecular weight excluding hydrogens is 462 g/mol. The van der Waals surface area contributed by atoms with Crippen molar-refractivity contribution < 1.29 is 37.9 Å². The number of para-hydroxylation sites is 1. The summed E-state index contributed by atoms with van der Waals surface area (Å²) >= 11 is 0. The van der Waals surface area contributed by atoms with Gasteiger partial charge in [-0.2, -0.15) is 8.42 Å². The molecule has 204 valence electrons. The number of hydrogen-bond acceptors (Lipinski definition) is 8. The number of Topliss-reactive ketones (excluding diaryl/α,β-unsaturated/α-hetero) is 2. The van der Waals surface area contributed by atoms with Crippen molar-refractivity contribution in [1.82, 2.24) is 0 Å². The number of methoxy groups -OCH3 is 2. The molecule has 0 bridgehead atoms. The van der Waals surface area contributed by atoms with Crippen LogP contribution in [0.25, 0.3) is 0 Å². The number of carbonyl (C=O) groups is 3. The van der Waals surface area contributed by atoms with E-state index >= 15 is 0 Å². The maximum Gasteiger partial charge on any atom is 0.298 e. The van der Waals surface area contributed by atoms with Crippen LogP contribution in [0.3, 0.4) is 0 Å². The third kappa shape index (κ3) is 14.2. The van der Waals surface area contributed by atoms with Gasteiger partial charge in [0.1, 0.15) is 22.4 Å². The summed E-state index contributed by atoms with van der Waals surface area (Å²) in [7, 11) is 0.0409. The highest BCUT2D eigenvalue weighted by Gasteiger charge is 2.31. The van der Waals surface area contributed by atoms with Crippen LogP contribution in [0.15, 0.2) is 29.2 Å². The van der Waals surface area contributed by atoms with Crippen molar-refractivity contribution in [2.24, 2.45) is 5.92 Å². The molecule has 1 aromatic carbocycles. The Morgan fingerprint density at radius 2 is 1.44 bits per heavy atom. The first-order chi connectivity index (χ1) is 13.9. The van der Waals surface area contributed by atoms with Crippen LogP contribution in [0.4, 0.5) is 5.69 Å². The van der Waals surface area contributed by atoms with Gasteiger partial charge in [-0.15, -0.1) is 0 Å². The molecule has 10 heteroatoms. The van der Waals surface area contributed by atoms with Gasteiger partial charge in [-0.1, -0.05) is 41.8 Å². The molecule has 0 fully saturated rings. The van der Waals surface area contributed by atoms with E-state index in [1.54, 1.807) is 27.0 Å². The zero-order chi connectivity index (χ0) is 23.5. The molecule has 1 rings (SSSR count). The highest BCUT2D eigenvalue weighted by molar-refractivity contribution is 7.87. The monoisotopic (exact) mass is 511 g/mol. The maximum absolute atomic E-state index is 12.3. The Labute approximate surface area is 209 Å². The molecule has 0 radical (unpaired) electrons. The van der Waals surface area contributed by atoms with Gasteiger partial charge in [-0.25, -0.2) is 0 Å². The fourth-order valence-corrected chi connectivity index (χ4v) is 3.25. The van der Waals surface area contributed by atoms with Crippen LogP contribution >= 0.6 is 0 Å². The Morgan fingerprint density at radius 1 is 0.941 bits per heavy atom. The molecule has 0 aliphatic rings. The lowest BCUT2D eigenvalue weighted by molar-refractivity contribution is -0.135. The molecule has 34 heavy (non-hydrogen) atoms. The van der Waals surface area contributed by atoms with Crippen molar-refractivity contribution >= 4 is 33.3 Å². The maximum atomic E-state index is 12.3. The third-order valence-electron chi connectivity index (χ3n) is 4.17. The predicted molar refractivity (Wildman–Crippen MR) is 141 cm³/mol. The van der Waals surface area contributed by atoms with Gasteiger partial charge in [0.25, 0.3) is 10.1 Å². The van der Waals surface area contributed by atoms with Gasteiger partial charge in [0.2, 0.25) is 5.91 Å². The number of rotatable bonds is 10. The van der Waals surface area contributed by atoms with Crippen LogP contribution < -0.4 is 5.32 Å². The fourth-order valence-electron chi connectivity index (χ4n) is 2.44. The summed E-state index contributed by atoms with van der Waals surface area (Å²) in [5.74, 6) is -1.87. The second-order valence-electron chi connectivity index (χ2n) is 6.59. The van der Waals surface area contributed by atoms with Gasteiger partial charge in [0, 0.05) is 22.1 Å². The highest BCUT2D eigenvalue weighted by Crippen LogP contribution is 2.23. The van der Waals surface area contributed by atoms with Crippen LogP contribution in [0.2, 0.25) is 0 Å². The summed E-state index contributed by atoms with van der Waals surface area (Å²) < 4.78 is 38.0. The first kappa shape index (κ1) is 42.1. The normalized spacial score (nSPS) is 12.3. The van der Waals surface area contributed by atoms with Gasteiger partial charge < -0.3 is 14.8 Å². The summed E-state index contributed by atoms with van der Waals surface area (Å²) in [5, 5.41) is 2.45. The molecule has 3 unspecified atom stereocenters. The van der Waals surface area contributed by atoms with Crippen molar-refractivity contribution in [2.45, 2.75) is 80.9 Å². The van der Waals surface area contributed by atoms with Crippen molar-refractivity contribution in [3.8, 4) is 0 Å². The number of anilines is 1. The lowest BCUT2D eigenvalue weighted by Crippen LogP contribution is -2.37. The van der Waals surface area contributed by atoms with Gasteiger partial charge in [-0.05, 0) is 39.8 Å². The molecule has 3 atom stereocenters. The first-order valence-electron chi connectivity index (χ1n) is 9.17. The van der Waals surface area contributed by atoms with E-state index in [2.05, 4.69) is 9.50 Å². The van der Waals surface area contributed by atoms with Crippen molar-refractivity contribution in [3.05, 3.63) is 24.3 Å². The van der Waals surface area contributed by atoms with E-state index in [0.717, 1.165) is 7.11 Å². The lowest BCUT2D eigenvalue weighted by Gasteiger charge is -2.20. The minimum Gasteiger partial charge on any atom is -0.381 e. The summed E-state index contributed by atoms with van der Waals surface area (Å²) in [6, 6.07) is 5.78. The van der Waals surface area contributed by atoms with Crippen molar-refractivity contribution in [2.75, 3.05) is 26.6 Å². The quantitative estimate of drug-likeness (QED) is 0.344. The molecule has 0 aliphatic heterocycles. The van der Waals surface area contributed by atoms with Crippen LogP contribution in [0.1, 0.15) is 65.2 Å². The second kappa shape index (κ2) is 20.3. The minimum atomic E-state index is -3.98. The van der Waals surface area contributed by atoms with Gasteiger partial charge >= 0.3 is 0 Å². The average molecular weight is 512 g/mol. The van der Waals surface area contributed by atoms with E-state index in [1.807, 2.05) is 6.92 Å². The van der Waals surface area contributed by atoms with Crippen LogP contribution in [-0.2, 0) is 38.2 Å². The zero-order valence-electron chi connectivity index (χ0n) is 18.4. The molecule has 0 aromatic heterocycles. The number of amides is 1. The Morgan fingerprint density at radius 3 is 1.79 bits per heavy atom. The summed E-state index contributed by atoms with van der Waals surface area (Å²) in [4.78, 5) is 34.1. The van der Waals surface area contributed by atoms with Gasteiger partial charge in [-0.3, -0.25) is 18.6 Å². The number of hydrogen-bond donors (Lipinski definition) is 1. The minimum absolute atomic E-state index is 0. The molecule has 0 aliphatic carbocycles. The van der Waals surface area contributed by atoms with E-state index in [0.29, 0.717) is 6.42 Å². The second-order valence-corrected chi connectivity index (χ2v) is 8.27. The van der Waals surface area contributed by atoms with Gasteiger partial charge in [0.15, 0.2) is 0 Å². The van der Waals surface area contributed by atoms with E-state index < -0.39 is 28.0 Å². The zero-order valence-corrected chi connectivity index (χ0v) is 19.2. The molecule has 1 aromatic rings. The number of carbonyl (C=O) groups excluding carboxylic acids is 3. The first-order valence-corrected chi connectivity index (χ1v) is 10.6. The SMILES string of the molecule is C.C.C.C.COC(C)C(C(C)=O)C(=O)Nc1ccccc1S(=O)(=O)OC.COC(C)CC(C)=O.[HH]. The number of nitrogens with one attached hydrogen (secondary N) is 1. The average Bonchev–Trinajstić information content (AvgIpc) is 2.67. The van der Waals surface area contributed by atoms with Crippen LogP contribution in [-0.4, -0.2) is 59.4 Å². The van der Waals surface area contributed by atoms with Crippen molar-refractivity contribution in [3.63, 3.8) is 0 Å². The summed E-state index contributed by atoms with van der Waals surface area (Å²) in [5.41, 5.74) is 0.0453. The Bertz CT molecular complexity index is 831. The molecule has 0 saturated heterocycles. The van der Waals surface area contributed by atoms with Crippen molar-refractivity contribution in [1.29, 1.82) is 0 Å². The van der Waals surface area contributed by atoms with Crippen LogP contribution in [0, 0.1) is 5.92 Å². The van der Waals surface area contributed by atoms with E-state index in [-0.39, 0.29) is 59.4 Å². The number of benzene rings is 1. The predicted octanol–water partition coefficient (Wildman–Crippen LogP) is 4.99. The molecule has 1 amide bonds. The lowest BCUT2D eigenvalue weighted by atomic mass is 9.98.